The van der Waals surface area contributed by atoms with Crippen LogP contribution >= 0.6 is 15.9 Å². The maximum atomic E-state index is 12.5. The first-order valence-electron chi connectivity index (χ1n) is 9.72. The number of rotatable bonds is 8. The second kappa shape index (κ2) is 11.1. The van der Waals surface area contributed by atoms with Crippen molar-refractivity contribution >= 4 is 34.0 Å². The summed E-state index contributed by atoms with van der Waals surface area (Å²) in [4.78, 5) is 24.8. The van der Waals surface area contributed by atoms with Gasteiger partial charge in [0.05, 0.1) is 31.1 Å². The Morgan fingerprint density at radius 2 is 1.75 bits per heavy atom. The molecule has 0 fully saturated rings. The van der Waals surface area contributed by atoms with E-state index < -0.39 is 11.9 Å². The lowest BCUT2D eigenvalue weighted by Gasteiger charge is -2.10. The van der Waals surface area contributed by atoms with Crippen molar-refractivity contribution in [1.29, 1.82) is 0 Å². The number of halogens is 1. The number of hydrogen-bond donors (Lipinski definition) is 1. The van der Waals surface area contributed by atoms with Crippen LogP contribution < -0.4 is 19.6 Å². The summed E-state index contributed by atoms with van der Waals surface area (Å²) >= 11 is 3.35. The second-order valence-corrected chi connectivity index (χ2v) is 7.35. The molecule has 3 aromatic carbocycles. The number of amides is 1. The number of benzene rings is 3. The predicted octanol–water partition coefficient (Wildman–Crippen LogP) is 4.84. The van der Waals surface area contributed by atoms with E-state index in [9.17, 15) is 9.59 Å². The van der Waals surface area contributed by atoms with Crippen molar-refractivity contribution in [3.05, 3.63) is 87.9 Å². The largest absolute Gasteiger partial charge is 0.493 e. The van der Waals surface area contributed by atoms with Crippen LogP contribution in [0.25, 0.3) is 0 Å². The molecule has 32 heavy (non-hydrogen) atoms. The zero-order valence-electron chi connectivity index (χ0n) is 17.5. The zero-order valence-corrected chi connectivity index (χ0v) is 19.1. The molecule has 3 aromatic rings. The number of nitrogens with one attached hydrogen (secondary N) is 1. The minimum Gasteiger partial charge on any atom is -0.493 e. The van der Waals surface area contributed by atoms with Crippen LogP contribution in [0.1, 0.15) is 33.2 Å². The molecular weight excluding hydrogens is 476 g/mol. The van der Waals surface area contributed by atoms with Crippen molar-refractivity contribution in [3.63, 3.8) is 0 Å². The molecule has 0 bridgehead atoms. The van der Waals surface area contributed by atoms with Crippen molar-refractivity contribution in [3.8, 4) is 17.2 Å². The van der Waals surface area contributed by atoms with Crippen LogP contribution in [0.5, 0.6) is 17.2 Å². The van der Waals surface area contributed by atoms with Gasteiger partial charge in [-0.3, -0.25) is 4.79 Å². The summed E-state index contributed by atoms with van der Waals surface area (Å²) in [7, 11) is 1.47. The first-order valence-corrected chi connectivity index (χ1v) is 10.5. The number of carbonyl (C=O) groups is 2. The third-order valence-corrected chi connectivity index (χ3v) is 4.76. The Labute approximate surface area is 194 Å². The van der Waals surface area contributed by atoms with E-state index in [1.165, 1.54) is 13.3 Å². The van der Waals surface area contributed by atoms with Crippen LogP contribution in [0.15, 0.2) is 76.3 Å². The smallest absolute Gasteiger partial charge is 0.343 e. The van der Waals surface area contributed by atoms with Gasteiger partial charge < -0.3 is 14.2 Å². The van der Waals surface area contributed by atoms with E-state index in [4.69, 9.17) is 14.2 Å². The molecule has 8 heteroatoms. The van der Waals surface area contributed by atoms with Crippen LogP contribution in [0, 0.1) is 0 Å². The summed E-state index contributed by atoms with van der Waals surface area (Å²) < 4.78 is 17.0. The molecule has 7 nitrogen and oxygen atoms in total. The Balaban J connectivity index is 1.69. The molecule has 0 heterocycles. The van der Waals surface area contributed by atoms with Crippen LogP contribution in [0.4, 0.5) is 0 Å². The maximum Gasteiger partial charge on any atom is 0.343 e. The molecule has 0 atom stereocenters. The molecule has 1 N–H and O–H groups in total. The number of hydrogen-bond acceptors (Lipinski definition) is 6. The highest BCUT2D eigenvalue weighted by molar-refractivity contribution is 9.10. The number of ether oxygens (including phenoxy) is 3. The van der Waals surface area contributed by atoms with E-state index in [0.29, 0.717) is 34.8 Å². The average Bonchev–Trinajstić information content (AvgIpc) is 2.81. The van der Waals surface area contributed by atoms with E-state index in [1.54, 1.807) is 60.7 Å². The molecule has 0 aliphatic carbocycles. The van der Waals surface area contributed by atoms with Crippen molar-refractivity contribution < 1.29 is 23.8 Å². The second-order valence-electron chi connectivity index (χ2n) is 6.44. The summed E-state index contributed by atoms with van der Waals surface area (Å²) in [5.74, 6) is 0.200. The lowest BCUT2D eigenvalue weighted by Crippen LogP contribution is -2.18. The lowest BCUT2D eigenvalue weighted by atomic mass is 10.2. The number of hydrazone groups is 1. The number of carbonyl (C=O) groups excluding carboxylic acids is 2. The van der Waals surface area contributed by atoms with E-state index in [2.05, 4.69) is 26.5 Å². The molecule has 0 aliphatic rings. The van der Waals surface area contributed by atoms with Gasteiger partial charge in [-0.05, 0) is 61.0 Å². The standard InChI is InChI=1S/C24H21BrN2O5/c1-3-31-20-12-10-18(25)14-19(20)23(28)27-26-15-16-9-11-21(22(13-16)30-2)32-24(29)17-7-5-4-6-8-17/h4-15H,3H2,1-2H3,(H,27,28)/b26-15-. The van der Waals surface area contributed by atoms with Gasteiger partial charge in [-0.25, -0.2) is 10.2 Å². The summed E-state index contributed by atoms with van der Waals surface area (Å²) in [6.45, 7) is 2.28. The van der Waals surface area contributed by atoms with Gasteiger partial charge in [-0.1, -0.05) is 34.1 Å². The highest BCUT2D eigenvalue weighted by atomic mass is 79.9. The monoisotopic (exact) mass is 496 g/mol. The SMILES string of the molecule is CCOc1ccc(Br)cc1C(=O)N/N=C\c1ccc(OC(=O)c2ccccc2)c(OC)c1. The third-order valence-electron chi connectivity index (χ3n) is 4.27. The highest BCUT2D eigenvalue weighted by Gasteiger charge is 2.14. The van der Waals surface area contributed by atoms with Gasteiger partial charge in [0, 0.05) is 4.47 Å². The first-order chi connectivity index (χ1) is 15.5. The van der Waals surface area contributed by atoms with Crippen molar-refractivity contribution in [2.24, 2.45) is 5.10 Å². The van der Waals surface area contributed by atoms with Gasteiger partial charge in [0.25, 0.3) is 5.91 Å². The Hall–Kier alpha value is -3.65. The van der Waals surface area contributed by atoms with E-state index in [0.717, 1.165) is 4.47 Å². The Morgan fingerprint density at radius 3 is 2.47 bits per heavy atom. The van der Waals surface area contributed by atoms with Crippen LogP contribution in [-0.2, 0) is 0 Å². The fraction of sp³-hybridized carbons (Fsp3) is 0.125. The molecule has 0 unspecified atom stereocenters. The van der Waals surface area contributed by atoms with Crippen molar-refractivity contribution in [2.75, 3.05) is 13.7 Å². The molecular formula is C24H21BrN2O5. The predicted molar refractivity (Wildman–Crippen MR) is 125 cm³/mol. The highest BCUT2D eigenvalue weighted by Crippen LogP contribution is 2.28. The number of methoxy groups -OCH3 is 1. The van der Waals surface area contributed by atoms with Gasteiger partial charge in [0.1, 0.15) is 5.75 Å². The molecule has 0 saturated carbocycles. The summed E-state index contributed by atoms with van der Waals surface area (Å²) in [5, 5.41) is 4.00. The molecule has 0 radical (unpaired) electrons. The molecule has 0 aliphatic heterocycles. The molecule has 3 rings (SSSR count). The summed E-state index contributed by atoms with van der Waals surface area (Å²) in [6.07, 6.45) is 1.46. The Bertz CT molecular complexity index is 1130. The van der Waals surface area contributed by atoms with Gasteiger partial charge in [-0.2, -0.15) is 5.10 Å². The van der Waals surface area contributed by atoms with Gasteiger partial charge in [0.2, 0.25) is 0 Å². The fourth-order valence-electron chi connectivity index (χ4n) is 2.77. The first kappa shape index (κ1) is 23.0. The van der Waals surface area contributed by atoms with E-state index >= 15 is 0 Å². The normalized spacial score (nSPS) is 10.6. The van der Waals surface area contributed by atoms with Gasteiger partial charge in [0.15, 0.2) is 11.5 Å². The molecule has 0 saturated heterocycles. The van der Waals surface area contributed by atoms with E-state index in [1.807, 2.05) is 13.0 Å². The van der Waals surface area contributed by atoms with Crippen molar-refractivity contribution in [2.45, 2.75) is 6.92 Å². The third kappa shape index (κ3) is 5.95. The minimum absolute atomic E-state index is 0.276. The molecule has 0 aromatic heterocycles. The molecule has 164 valence electrons. The minimum atomic E-state index is -0.489. The van der Waals surface area contributed by atoms with Crippen LogP contribution in [-0.4, -0.2) is 31.8 Å². The molecule has 1 amide bonds. The van der Waals surface area contributed by atoms with E-state index in [-0.39, 0.29) is 5.75 Å². The molecule has 0 spiro atoms. The quantitative estimate of drug-likeness (QED) is 0.208. The van der Waals surface area contributed by atoms with Crippen LogP contribution in [0.2, 0.25) is 0 Å². The average molecular weight is 497 g/mol. The Morgan fingerprint density at radius 1 is 1.00 bits per heavy atom. The summed E-state index contributed by atoms with van der Waals surface area (Å²) in [5.41, 5.74) is 3.92. The zero-order chi connectivity index (χ0) is 22.9. The van der Waals surface area contributed by atoms with Gasteiger partial charge >= 0.3 is 5.97 Å². The maximum absolute atomic E-state index is 12.5. The number of nitrogens with zero attached hydrogens (tertiary/aromatic N) is 1. The Kier molecular flexibility index (Phi) is 7.99. The van der Waals surface area contributed by atoms with Crippen LogP contribution in [0.3, 0.4) is 0 Å². The summed E-state index contributed by atoms with van der Waals surface area (Å²) in [6, 6.07) is 18.8. The van der Waals surface area contributed by atoms with Gasteiger partial charge in [-0.15, -0.1) is 0 Å². The fourth-order valence-corrected chi connectivity index (χ4v) is 3.13. The van der Waals surface area contributed by atoms with Crippen molar-refractivity contribution in [1.82, 2.24) is 5.43 Å². The topological polar surface area (TPSA) is 86.2 Å². The lowest BCUT2D eigenvalue weighted by molar-refractivity contribution is 0.0729. The number of esters is 1.